The van der Waals surface area contributed by atoms with Crippen molar-refractivity contribution in [1.82, 2.24) is 10.2 Å². The molecule has 1 aromatic carbocycles. The van der Waals surface area contributed by atoms with Crippen LogP contribution < -0.4 is 10.6 Å². The zero-order chi connectivity index (χ0) is 20.5. The number of carbonyl (C=O) groups excluding carboxylic acids is 4. The first-order valence-electron chi connectivity index (χ1n) is 9.17. The van der Waals surface area contributed by atoms with E-state index in [-0.39, 0.29) is 23.8 Å². The molecule has 4 amide bonds. The first kappa shape index (κ1) is 20.3. The molecule has 1 aromatic rings. The van der Waals surface area contributed by atoms with Gasteiger partial charge in [-0.25, -0.2) is 9.59 Å². The molecule has 1 atom stereocenters. The molecular weight excluding hydrogens is 430 g/mol. The minimum Gasteiger partial charge on any atom is -0.462 e. The summed E-state index contributed by atoms with van der Waals surface area (Å²) in [6, 6.07) is 4.20. The van der Waals surface area contributed by atoms with Gasteiger partial charge in [-0.3, -0.25) is 14.5 Å². The SMILES string of the molecule is CCCOC(=O)c1cc(Br)ccc1NC(=O)CN1C(=O)NC(C)(C2CC2)C1=O. The van der Waals surface area contributed by atoms with Crippen molar-refractivity contribution < 1.29 is 23.9 Å². The minimum absolute atomic E-state index is 0.114. The Bertz CT molecular complexity index is 839. The van der Waals surface area contributed by atoms with Gasteiger partial charge in [-0.2, -0.15) is 0 Å². The number of anilines is 1. The predicted octanol–water partition coefficient (Wildman–Crippen LogP) is 2.67. The number of urea groups is 1. The number of hydrogen-bond donors (Lipinski definition) is 2. The average Bonchev–Trinajstić information content (AvgIpc) is 3.47. The summed E-state index contributed by atoms with van der Waals surface area (Å²) in [4.78, 5) is 50.5. The summed E-state index contributed by atoms with van der Waals surface area (Å²) in [6.07, 6.45) is 2.43. The Morgan fingerprint density at radius 3 is 2.71 bits per heavy atom. The maximum Gasteiger partial charge on any atom is 0.340 e. The highest BCUT2D eigenvalue weighted by molar-refractivity contribution is 9.10. The molecule has 1 saturated heterocycles. The van der Waals surface area contributed by atoms with Gasteiger partial charge in [0.1, 0.15) is 12.1 Å². The predicted molar refractivity (Wildman–Crippen MR) is 105 cm³/mol. The maximum absolute atomic E-state index is 12.6. The van der Waals surface area contributed by atoms with Crippen LogP contribution in [0.4, 0.5) is 10.5 Å². The molecule has 0 spiro atoms. The number of nitrogens with zero attached hydrogens (tertiary/aromatic N) is 1. The Morgan fingerprint density at radius 2 is 2.07 bits per heavy atom. The Balaban J connectivity index is 1.71. The van der Waals surface area contributed by atoms with Crippen LogP contribution in [0.2, 0.25) is 0 Å². The number of benzene rings is 1. The molecule has 3 rings (SSSR count). The van der Waals surface area contributed by atoms with Crippen LogP contribution in [-0.4, -0.2) is 47.4 Å². The molecule has 150 valence electrons. The standard InChI is InChI=1S/C19H22BrN3O5/c1-3-8-28-16(25)13-9-12(20)6-7-14(13)21-15(24)10-23-17(26)19(2,11-4-5-11)22-18(23)27/h6-7,9,11H,3-5,8,10H2,1-2H3,(H,21,24)(H,22,27). The van der Waals surface area contributed by atoms with E-state index in [1.807, 2.05) is 6.92 Å². The van der Waals surface area contributed by atoms with Crippen LogP contribution in [0.5, 0.6) is 0 Å². The summed E-state index contributed by atoms with van der Waals surface area (Å²) < 4.78 is 5.80. The zero-order valence-corrected chi connectivity index (χ0v) is 17.3. The van der Waals surface area contributed by atoms with Gasteiger partial charge < -0.3 is 15.4 Å². The van der Waals surface area contributed by atoms with Crippen LogP contribution in [0.15, 0.2) is 22.7 Å². The maximum atomic E-state index is 12.6. The third-order valence-corrected chi connectivity index (χ3v) is 5.40. The second-order valence-electron chi connectivity index (χ2n) is 7.17. The van der Waals surface area contributed by atoms with Gasteiger partial charge in [0.25, 0.3) is 5.91 Å². The highest BCUT2D eigenvalue weighted by Crippen LogP contribution is 2.42. The highest BCUT2D eigenvalue weighted by Gasteiger charge is 2.56. The van der Waals surface area contributed by atoms with Crippen LogP contribution in [0.3, 0.4) is 0 Å². The van der Waals surface area contributed by atoms with Gasteiger partial charge in [0.15, 0.2) is 0 Å². The van der Waals surface area contributed by atoms with E-state index in [0.29, 0.717) is 10.9 Å². The number of hydrogen-bond acceptors (Lipinski definition) is 5. The third kappa shape index (κ3) is 4.04. The first-order valence-corrected chi connectivity index (χ1v) is 9.96. The number of amides is 4. The summed E-state index contributed by atoms with van der Waals surface area (Å²) in [5.41, 5.74) is -0.494. The zero-order valence-electron chi connectivity index (χ0n) is 15.7. The number of esters is 1. The molecule has 1 aliphatic heterocycles. The van der Waals surface area contributed by atoms with Gasteiger partial charge in [0.05, 0.1) is 17.9 Å². The smallest absolute Gasteiger partial charge is 0.340 e. The van der Waals surface area contributed by atoms with Crippen molar-refractivity contribution in [2.75, 3.05) is 18.5 Å². The van der Waals surface area contributed by atoms with Crippen molar-refractivity contribution in [2.24, 2.45) is 5.92 Å². The molecule has 2 fully saturated rings. The van der Waals surface area contributed by atoms with E-state index in [0.717, 1.165) is 17.7 Å². The fourth-order valence-corrected chi connectivity index (χ4v) is 3.56. The lowest BCUT2D eigenvalue weighted by Crippen LogP contribution is -2.46. The normalized spacial score (nSPS) is 21.5. The number of nitrogens with one attached hydrogen (secondary N) is 2. The van der Waals surface area contributed by atoms with Crippen LogP contribution in [0, 0.1) is 5.92 Å². The van der Waals surface area contributed by atoms with Gasteiger partial charge in [0, 0.05) is 4.47 Å². The minimum atomic E-state index is -0.940. The number of rotatable bonds is 7. The quantitative estimate of drug-likeness (QED) is 0.489. The molecule has 0 radical (unpaired) electrons. The molecule has 2 aliphatic rings. The van der Waals surface area contributed by atoms with Gasteiger partial charge in [-0.15, -0.1) is 0 Å². The van der Waals surface area contributed by atoms with Gasteiger partial charge in [-0.1, -0.05) is 22.9 Å². The van der Waals surface area contributed by atoms with Crippen molar-refractivity contribution in [1.29, 1.82) is 0 Å². The fourth-order valence-electron chi connectivity index (χ4n) is 3.20. The lowest BCUT2D eigenvalue weighted by Gasteiger charge is -2.20. The molecule has 1 heterocycles. The third-order valence-electron chi connectivity index (χ3n) is 4.91. The van der Waals surface area contributed by atoms with Crippen molar-refractivity contribution in [2.45, 2.75) is 38.6 Å². The Morgan fingerprint density at radius 1 is 1.36 bits per heavy atom. The lowest BCUT2D eigenvalue weighted by molar-refractivity contribution is -0.134. The van der Waals surface area contributed by atoms with E-state index >= 15 is 0 Å². The van der Waals surface area contributed by atoms with E-state index in [4.69, 9.17) is 4.74 Å². The molecule has 9 heteroatoms. The van der Waals surface area contributed by atoms with Crippen LogP contribution in [-0.2, 0) is 14.3 Å². The van der Waals surface area contributed by atoms with Crippen LogP contribution in [0.25, 0.3) is 0 Å². The fraction of sp³-hybridized carbons (Fsp3) is 0.474. The topological polar surface area (TPSA) is 105 Å². The number of halogens is 1. The highest BCUT2D eigenvalue weighted by atomic mass is 79.9. The molecule has 28 heavy (non-hydrogen) atoms. The van der Waals surface area contributed by atoms with Gasteiger partial charge >= 0.3 is 12.0 Å². The monoisotopic (exact) mass is 451 g/mol. The molecular formula is C19H22BrN3O5. The summed E-state index contributed by atoms with van der Waals surface area (Å²) >= 11 is 3.29. The van der Waals surface area contributed by atoms with Gasteiger partial charge in [0.2, 0.25) is 5.91 Å². The molecule has 2 N–H and O–H groups in total. The van der Waals surface area contributed by atoms with Crippen molar-refractivity contribution in [3.8, 4) is 0 Å². The second kappa shape index (κ2) is 7.90. The first-order chi connectivity index (χ1) is 13.3. The van der Waals surface area contributed by atoms with Gasteiger partial charge in [-0.05, 0) is 50.3 Å². The van der Waals surface area contributed by atoms with E-state index in [2.05, 4.69) is 26.6 Å². The molecule has 0 bridgehead atoms. The Labute approximate surface area is 171 Å². The summed E-state index contributed by atoms with van der Waals surface area (Å²) in [5, 5.41) is 5.30. The van der Waals surface area contributed by atoms with E-state index in [1.54, 1.807) is 25.1 Å². The molecule has 1 unspecified atom stereocenters. The van der Waals surface area contributed by atoms with Crippen molar-refractivity contribution in [3.05, 3.63) is 28.2 Å². The summed E-state index contributed by atoms with van der Waals surface area (Å²) in [6.45, 7) is 3.41. The molecule has 0 aromatic heterocycles. The summed E-state index contributed by atoms with van der Waals surface area (Å²) in [5.74, 6) is -1.41. The van der Waals surface area contributed by atoms with Crippen molar-refractivity contribution >= 4 is 45.4 Å². The second-order valence-corrected chi connectivity index (χ2v) is 8.09. The molecule has 1 saturated carbocycles. The largest absolute Gasteiger partial charge is 0.462 e. The van der Waals surface area contributed by atoms with Crippen molar-refractivity contribution in [3.63, 3.8) is 0 Å². The number of ether oxygens (including phenoxy) is 1. The lowest BCUT2D eigenvalue weighted by atomic mass is 9.96. The Hall–Kier alpha value is -2.42. The van der Waals surface area contributed by atoms with E-state index in [1.165, 1.54) is 0 Å². The number of carbonyl (C=O) groups is 4. The Kier molecular flexibility index (Phi) is 5.74. The molecule has 1 aliphatic carbocycles. The van der Waals surface area contributed by atoms with E-state index in [9.17, 15) is 19.2 Å². The average molecular weight is 452 g/mol. The van der Waals surface area contributed by atoms with Crippen LogP contribution in [0.1, 0.15) is 43.5 Å². The summed E-state index contributed by atoms with van der Waals surface area (Å²) in [7, 11) is 0. The molecule has 8 nitrogen and oxygen atoms in total. The van der Waals surface area contributed by atoms with Crippen LogP contribution >= 0.6 is 15.9 Å². The number of imide groups is 1. The van der Waals surface area contributed by atoms with E-state index < -0.39 is 35.9 Å².